The molecule has 0 unspecified atom stereocenters. The molecule has 0 spiro atoms. The average Bonchev–Trinajstić information content (AvgIpc) is 3.07. The number of rotatable bonds is 2. The van der Waals surface area contributed by atoms with Crippen LogP contribution in [0.5, 0.6) is 0 Å². The maximum atomic E-state index is 13.1. The number of aromatic nitrogens is 3. The van der Waals surface area contributed by atoms with Crippen LogP contribution < -0.4 is 0 Å². The van der Waals surface area contributed by atoms with E-state index in [2.05, 4.69) is 15.2 Å². The number of fused-ring (bicyclic) bond motifs is 1. The molecule has 0 bridgehead atoms. The molecule has 0 N–H and O–H groups in total. The molecule has 1 aliphatic heterocycles. The minimum absolute atomic E-state index is 0.0359. The predicted octanol–water partition coefficient (Wildman–Crippen LogP) is 2.45. The van der Waals surface area contributed by atoms with Gasteiger partial charge in [0.05, 0.1) is 24.2 Å². The number of pyridine rings is 1. The van der Waals surface area contributed by atoms with E-state index in [9.17, 15) is 4.79 Å². The molecule has 1 atom stereocenters. The summed E-state index contributed by atoms with van der Waals surface area (Å²) >= 11 is 0. The van der Waals surface area contributed by atoms with E-state index in [1.807, 2.05) is 37.3 Å². The van der Waals surface area contributed by atoms with Crippen LogP contribution in [0.1, 0.15) is 33.9 Å². The molecule has 1 fully saturated rings. The number of amides is 1. The number of para-hydroxylation sites is 1. The number of hydrogen-bond acceptors (Lipinski definition) is 6. The van der Waals surface area contributed by atoms with Crippen LogP contribution in [0.25, 0.3) is 10.9 Å². The molecule has 25 heavy (non-hydrogen) atoms. The summed E-state index contributed by atoms with van der Waals surface area (Å²) in [6, 6.07) is 9.52. The van der Waals surface area contributed by atoms with Crippen LogP contribution in [-0.4, -0.2) is 45.7 Å². The first-order chi connectivity index (χ1) is 12.1. The summed E-state index contributed by atoms with van der Waals surface area (Å²) < 4.78 is 11.2. The van der Waals surface area contributed by atoms with Crippen molar-refractivity contribution in [1.82, 2.24) is 20.1 Å². The van der Waals surface area contributed by atoms with Gasteiger partial charge in [-0.05, 0) is 19.1 Å². The number of carbonyl (C=O) groups is 1. The summed E-state index contributed by atoms with van der Waals surface area (Å²) in [7, 11) is 0. The van der Waals surface area contributed by atoms with Gasteiger partial charge in [0.1, 0.15) is 0 Å². The smallest absolute Gasteiger partial charge is 0.254 e. The van der Waals surface area contributed by atoms with E-state index >= 15 is 0 Å². The van der Waals surface area contributed by atoms with Crippen molar-refractivity contribution in [3.8, 4) is 0 Å². The van der Waals surface area contributed by atoms with Gasteiger partial charge in [-0.3, -0.25) is 9.78 Å². The monoisotopic (exact) mass is 338 g/mol. The van der Waals surface area contributed by atoms with Gasteiger partial charge in [-0.25, -0.2) is 0 Å². The van der Waals surface area contributed by atoms with Crippen molar-refractivity contribution >= 4 is 16.8 Å². The van der Waals surface area contributed by atoms with E-state index in [-0.39, 0.29) is 5.91 Å². The van der Waals surface area contributed by atoms with E-state index in [1.165, 1.54) is 0 Å². The number of ether oxygens (including phenoxy) is 1. The molecule has 1 saturated heterocycles. The van der Waals surface area contributed by atoms with Gasteiger partial charge in [0.15, 0.2) is 6.10 Å². The van der Waals surface area contributed by atoms with Crippen LogP contribution >= 0.6 is 0 Å². The number of aryl methyl sites for hydroxylation is 2. The Balaban J connectivity index is 1.64. The molecule has 1 aromatic carbocycles. The second-order valence-electron chi connectivity index (χ2n) is 6.10. The largest absolute Gasteiger partial charge is 0.423 e. The van der Waals surface area contributed by atoms with E-state index in [1.54, 1.807) is 11.8 Å². The normalized spacial score (nSPS) is 17.8. The third-order valence-corrected chi connectivity index (χ3v) is 4.25. The molecular formula is C18H18N4O3. The molecule has 3 heterocycles. The zero-order valence-electron chi connectivity index (χ0n) is 14.1. The highest BCUT2D eigenvalue weighted by Crippen LogP contribution is 2.25. The van der Waals surface area contributed by atoms with Crippen molar-refractivity contribution in [2.45, 2.75) is 20.0 Å². The van der Waals surface area contributed by atoms with Gasteiger partial charge >= 0.3 is 0 Å². The number of carbonyl (C=O) groups excluding carboxylic acids is 1. The predicted molar refractivity (Wildman–Crippen MR) is 90.1 cm³/mol. The third-order valence-electron chi connectivity index (χ3n) is 4.25. The van der Waals surface area contributed by atoms with Gasteiger partial charge in [0.25, 0.3) is 5.91 Å². The second-order valence-corrected chi connectivity index (χ2v) is 6.10. The topological polar surface area (TPSA) is 81.4 Å². The fraction of sp³-hybridized carbons (Fsp3) is 0.333. The molecule has 3 aromatic rings. The Hall–Kier alpha value is -2.80. The van der Waals surface area contributed by atoms with Gasteiger partial charge in [-0.15, -0.1) is 10.2 Å². The third kappa shape index (κ3) is 2.98. The van der Waals surface area contributed by atoms with Crippen LogP contribution in [0, 0.1) is 13.8 Å². The highest BCUT2D eigenvalue weighted by Gasteiger charge is 2.30. The molecule has 7 heteroatoms. The Morgan fingerprint density at radius 1 is 1.24 bits per heavy atom. The lowest BCUT2D eigenvalue weighted by molar-refractivity contribution is -0.0348. The summed E-state index contributed by atoms with van der Waals surface area (Å²) in [5, 5.41) is 8.70. The van der Waals surface area contributed by atoms with E-state index in [0.29, 0.717) is 37.0 Å². The Bertz CT molecular complexity index is 937. The van der Waals surface area contributed by atoms with Crippen LogP contribution in [0.3, 0.4) is 0 Å². The summed E-state index contributed by atoms with van der Waals surface area (Å²) in [5.41, 5.74) is 2.30. The molecule has 1 aliphatic rings. The lowest BCUT2D eigenvalue weighted by Crippen LogP contribution is -2.42. The fourth-order valence-electron chi connectivity index (χ4n) is 3.08. The highest BCUT2D eigenvalue weighted by molar-refractivity contribution is 6.06. The molecule has 0 saturated carbocycles. The zero-order valence-corrected chi connectivity index (χ0v) is 14.1. The molecule has 7 nitrogen and oxygen atoms in total. The quantitative estimate of drug-likeness (QED) is 0.714. The van der Waals surface area contributed by atoms with Crippen molar-refractivity contribution in [2.75, 3.05) is 19.7 Å². The van der Waals surface area contributed by atoms with Crippen molar-refractivity contribution in [3.05, 3.63) is 53.4 Å². The average molecular weight is 338 g/mol. The Morgan fingerprint density at radius 3 is 2.88 bits per heavy atom. The number of morpholine rings is 1. The summed E-state index contributed by atoms with van der Waals surface area (Å²) in [4.78, 5) is 19.4. The van der Waals surface area contributed by atoms with Gasteiger partial charge in [-0.1, -0.05) is 18.2 Å². The summed E-state index contributed by atoms with van der Waals surface area (Å²) in [6.07, 6.45) is -0.395. The maximum Gasteiger partial charge on any atom is 0.254 e. The lowest BCUT2D eigenvalue weighted by atomic mass is 10.1. The standard InChI is InChI=1S/C18H18N4O3/c1-11-9-14(13-5-3-4-6-15(13)19-11)18(23)22-7-8-24-16(10-22)17-21-20-12(2)25-17/h3-6,9,16H,7-8,10H2,1-2H3/t16-/m0/s1. The van der Waals surface area contributed by atoms with Crippen molar-refractivity contribution in [2.24, 2.45) is 0 Å². The lowest BCUT2D eigenvalue weighted by Gasteiger charge is -2.31. The molecular weight excluding hydrogens is 320 g/mol. The van der Waals surface area contributed by atoms with Crippen LogP contribution in [0.4, 0.5) is 0 Å². The highest BCUT2D eigenvalue weighted by atomic mass is 16.5. The van der Waals surface area contributed by atoms with E-state index in [0.717, 1.165) is 16.6 Å². The molecule has 1 amide bonds. The first-order valence-corrected chi connectivity index (χ1v) is 8.19. The fourth-order valence-corrected chi connectivity index (χ4v) is 3.08. The SMILES string of the molecule is Cc1cc(C(=O)N2CCO[C@H](c3nnc(C)o3)C2)c2ccccc2n1. The number of hydrogen-bond donors (Lipinski definition) is 0. The molecule has 4 rings (SSSR count). The Morgan fingerprint density at radius 2 is 2.08 bits per heavy atom. The molecule has 0 aliphatic carbocycles. The molecule has 0 radical (unpaired) electrons. The summed E-state index contributed by atoms with van der Waals surface area (Å²) in [5.74, 6) is 0.856. The van der Waals surface area contributed by atoms with Crippen LogP contribution in [0.2, 0.25) is 0 Å². The Labute approximate surface area is 144 Å². The number of benzene rings is 1. The molecule has 2 aromatic heterocycles. The van der Waals surface area contributed by atoms with E-state index < -0.39 is 6.10 Å². The zero-order chi connectivity index (χ0) is 17.4. The van der Waals surface area contributed by atoms with Crippen LogP contribution in [0.15, 0.2) is 34.7 Å². The van der Waals surface area contributed by atoms with Gasteiger partial charge < -0.3 is 14.1 Å². The van der Waals surface area contributed by atoms with Crippen molar-refractivity contribution in [1.29, 1.82) is 0 Å². The van der Waals surface area contributed by atoms with Crippen molar-refractivity contribution in [3.63, 3.8) is 0 Å². The number of nitrogens with zero attached hydrogens (tertiary/aromatic N) is 4. The minimum Gasteiger partial charge on any atom is -0.423 e. The first-order valence-electron chi connectivity index (χ1n) is 8.19. The van der Waals surface area contributed by atoms with Gasteiger partial charge in [-0.2, -0.15) is 0 Å². The van der Waals surface area contributed by atoms with Crippen molar-refractivity contribution < 1.29 is 13.9 Å². The summed E-state index contributed by atoms with van der Waals surface area (Å²) in [6.45, 7) is 4.97. The maximum absolute atomic E-state index is 13.1. The second kappa shape index (κ2) is 6.25. The minimum atomic E-state index is -0.395. The first kappa shape index (κ1) is 15.7. The Kier molecular flexibility index (Phi) is 3.93. The molecule has 128 valence electrons. The van der Waals surface area contributed by atoms with Gasteiger partial charge in [0.2, 0.25) is 11.8 Å². The van der Waals surface area contributed by atoms with Gasteiger partial charge in [0, 0.05) is 24.5 Å². The van der Waals surface area contributed by atoms with Crippen LogP contribution in [-0.2, 0) is 4.74 Å². The van der Waals surface area contributed by atoms with E-state index in [4.69, 9.17) is 9.15 Å².